The first-order valence-corrected chi connectivity index (χ1v) is 9.94. The monoisotopic (exact) mass is 381 g/mol. The van der Waals surface area contributed by atoms with Gasteiger partial charge >= 0.3 is 5.97 Å². The lowest BCUT2D eigenvalue weighted by molar-refractivity contribution is -0.143. The van der Waals surface area contributed by atoms with Gasteiger partial charge in [0.05, 0.1) is 7.11 Å². The highest BCUT2D eigenvalue weighted by atomic mass is 16.5. The van der Waals surface area contributed by atoms with Crippen LogP contribution in [0.5, 0.6) is 0 Å². The van der Waals surface area contributed by atoms with Gasteiger partial charge in [-0.15, -0.1) is 0 Å². The summed E-state index contributed by atoms with van der Waals surface area (Å²) in [5, 5.41) is 0. The van der Waals surface area contributed by atoms with Gasteiger partial charge in [0.15, 0.2) is 5.78 Å². The summed E-state index contributed by atoms with van der Waals surface area (Å²) in [6.07, 6.45) is 1.22. The van der Waals surface area contributed by atoms with E-state index >= 15 is 0 Å². The number of benzene rings is 1. The first-order chi connectivity index (χ1) is 12.9. The molecule has 0 saturated heterocycles. The molecule has 4 heteroatoms. The number of Topliss-reactive ketones (excluding diaryl/α,β-unsaturated/α-hetero) is 1. The molecular weight excluding hydrogens is 350 g/mol. The average Bonchev–Trinajstić information content (AvgIpc) is 2.58. The van der Waals surface area contributed by atoms with E-state index in [0.29, 0.717) is 12.0 Å². The second-order valence-electron chi connectivity index (χ2n) is 9.91. The summed E-state index contributed by atoms with van der Waals surface area (Å²) in [6, 6.07) is 8.30. The van der Waals surface area contributed by atoms with Crippen molar-refractivity contribution in [1.82, 2.24) is 0 Å². The molecule has 0 fully saturated rings. The van der Waals surface area contributed by atoms with Crippen LogP contribution in [0.1, 0.15) is 71.4 Å². The normalized spacial score (nSPS) is 24.5. The molecular formula is C24H31NO3. The average molecular weight is 382 g/mol. The Morgan fingerprint density at radius 1 is 1.14 bits per heavy atom. The summed E-state index contributed by atoms with van der Waals surface area (Å²) in [7, 11) is 1.39. The molecule has 0 amide bonds. The number of carbonyl (C=O) groups excluding carboxylic acids is 2. The Morgan fingerprint density at radius 3 is 2.29 bits per heavy atom. The van der Waals surface area contributed by atoms with Crippen LogP contribution in [0.4, 0.5) is 0 Å². The Morgan fingerprint density at radius 2 is 1.75 bits per heavy atom. The van der Waals surface area contributed by atoms with Crippen LogP contribution in [-0.2, 0) is 19.7 Å². The number of nitrogens with zero attached hydrogens (tertiary/aromatic N) is 1. The number of ether oxygens (including phenoxy) is 1. The molecule has 28 heavy (non-hydrogen) atoms. The number of carbonyl (C=O) groups is 2. The molecule has 0 aromatic heterocycles. The second-order valence-corrected chi connectivity index (χ2v) is 9.91. The van der Waals surface area contributed by atoms with Crippen LogP contribution < -0.4 is 0 Å². The number of aliphatic imine (C=N–C) groups is 1. The standard InChI is InChI=1S/C24H31NO3/c1-14-19(22(27)28-7)20(15-8-10-16(11-9-15)23(2,3)4)21-17(25-14)12-24(5,6)13-18(21)26/h8-11,19-20H,12-13H2,1-7H3/t19?,20-/m1/s1. The van der Waals surface area contributed by atoms with Crippen LogP contribution in [0.15, 0.2) is 40.5 Å². The molecule has 0 bridgehead atoms. The number of hydrogen-bond acceptors (Lipinski definition) is 4. The van der Waals surface area contributed by atoms with Crippen LogP contribution in [0, 0.1) is 11.3 Å². The molecule has 1 aromatic carbocycles. The maximum absolute atomic E-state index is 13.1. The third-order valence-electron chi connectivity index (χ3n) is 5.89. The summed E-state index contributed by atoms with van der Waals surface area (Å²) in [5.41, 5.74) is 4.38. The zero-order valence-electron chi connectivity index (χ0n) is 18.1. The summed E-state index contributed by atoms with van der Waals surface area (Å²) < 4.78 is 5.09. The van der Waals surface area contributed by atoms with Crippen LogP contribution >= 0.6 is 0 Å². The smallest absolute Gasteiger partial charge is 0.315 e. The van der Waals surface area contributed by atoms with Gasteiger partial charge in [0.1, 0.15) is 5.92 Å². The van der Waals surface area contributed by atoms with Crippen molar-refractivity contribution in [2.24, 2.45) is 16.3 Å². The van der Waals surface area contributed by atoms with Gasteiger partial charge in [0.2, 0.25) is 0 Å². The molecule has 1 heterocycles. The summed E-state index contributed by atoms with van der Waals surface area (Å²) >= 11 is 0. The summed E-state index contributed by atoms with van der Waals surface area (Å²) in [4.78, 5) is 30.5. The predicted molar refractivity (Wildman–Crippen MR) is 112 cm³/mol. The van der Waals surface area contributed by atoms with Crippen LogP contribution in [0.25, 0.3) is 0 Å². The van der Waals surface area contributed by atoms with Crippen molar-refractivity contribution in [3.05, 3.63) is 46.7 Å². The molecule has 3 rings (SSSR count). The SMILES string of the molecule is COC(=O)C1C(C)=NC2=C(C(=O)CC(C)(C)C2)[C@@H]1c1ccc(C(C)(C)C)cc1. The lowest BCUT2D eigenvalue weighted by atomic mass is 9.66. The Balaban J connectivity index is 2.15. The lowest BCUT2D eigenvalue weighted by Crippen LogP contribution is -2.39. The summed E-state index contributed by atoms with van der Waals surface area (Å²) in [6.45, 7) is 12.6. The van der Waals surface area contributed by atoms with Gasteiger partial charge in [-0.25, -0.2) is 0 Å². The van der Waals surface area contributed by atoms with Crippen molar-refractivity contribution >= 4 is 17.5 Å². The highest BCUT2D eigenvalue weighted by Crippen LogP contribution is 2.48. The van der Waals surface area contributed by atoms with Gasteiger partial charge < -0.3 is 4.74 Å². The van der Waals surface area contributed by atoms with Crippen LogP contribution in [0.2, 0.25) is 0 Å². The van der Waals surface area contributed by atoms with Crippen molar-refractivity contribution < 1.29 is 14.3 Å². The molecule has 0 saturated carbocycles. The fourth-order valence-electron chi connectivity index (χ4n) is 4.43. The molecule has 0 N–H and O–H groups in total. The largest absolute Gasteiger partial charge is 0.468 e. The molecule has 0 spiro atoms. The molecule has 2 aliphatic rings. The minimum atomic E-state index is -0.561. The quantitative estimate of drug-likeness (QED) is 0.679. The van der Waals surface area contributed by atoms with E-state index in [1.165, 1.54) is 12.7 Å². The molecule has 2 atom stereocenters. The zero-order chi connectivity index (χ0) is 20.9. The Hall–Kier alpha value is -2.23. The van der Waals surface area contributed by atoms with E-state index in [2.05, 4.69) is 58.9 Å². The molecule has 1 aromatic rings. The van der Waals surface area contributed by atoms with Crippen molar-refractivity contribution in [1.29, 1.82) is 0 Å². The van der Waals surface area contributed by atoms with Crippen molar-refractivity contribution in [2.75, 3.05) is 7.11 Å². The van der Waals surface area contributed by atoms with Crippen LogP contribution in [-0.4, -0.2) is 24.6 Å². The third-order valence-corrected chi connectivity index (χ3v) is 5.89. The summed E-state index contributed by atoms with van der Waals surface area (Å²) in [5.74, 6) is -1.14. The number of methoxy groups -OCH3 is 1. The maximum Gasteiger partial charge on any atom is 0.315 e. The fourth-order valence-corrected chi connectivity index (χ4v) is 4.43. The second kappa shape index (κ2) is 6.98. The maximum atomic E-state index is 13.1. The Labute approximate surface area is 168 Å². The first kappa shape index (κ1) is 20.5. The number of esters is 1. The highest BCUT2D eigenvalue weighted by molar-refractivity contribution is 6.09. The predicted octanol–water partition coefficient (Wildman–Crippen LogP) is 4.97. The van der Waals surface area contributed by atoms with E-state index in [1.807, 2.05) is 6.92 Å². The molecule has 4 nitrogen and oxygen atoms in total. The number of rotatable bonds is 2. The van der Waals surface area contributed by atoms with E-state index in [-0.39, 0.29) is 28.5 Å². The fraction of sp³-hybridized carbons (Fsp3) is 0.542. The van der Waals surface area contributed by atoms with E-state index < -0.39 is 5.92 Å². The number of ketones is 1. The zero-order valence-corrected chi connectivity index (χ0v) is 18.1. The number of hydrogen-bond donors (Lipinski definition) is 0. The van der Waals surface area contributed by atoms with E-state index in [0.717, 1.165) is 23.4 Å². The Kier molecular flexibility index (Phi) is 5.11. The Bertz CT molecular complexity index is 866. The molecule has 1 aliphatic carbocycles. The topological polar surface area (TPSA) is 55.7 Å². The first-order valence-electron chi connectivity index (χ1n) is 9.94. The molecule has 1 aliphatic heterocycles. The highest BCUT2D eigenvalue weighted by Gasteiger charge is 2.45. The van der Waals surface area contributed by atoms with E-state index in [1.54, 1.807) is 0 Å². The molecule has 0 radical (unpaired) electrons. The van der Waals surface area contributed by atoms with Gasteiger partial charge in [-0.2, -0.15) is 0 Å². The van der Waals surface area contributed by atoms with Gasteiger partial charge in [0.25, 0.3) is 0 Å². The minimum absolute atomic E-state index is 0.0410. The van der Waals surface area contributed by atoms with Crippen molar-refractivity contribution in [2.45, 2.75) is 65.7 Å². The van der Waals surface area contributed by atoms with Gasteiger partial charge in [0, 0.05) is 29.3 Å². The van der Waals surface area contributed by atoms with Gasteiger partial charge in [-0.05, 0) is 35.3 Å². The van der Waals surface area contributed by atoms with E-state index in [9.17, 15) is 9.59 Å². The minimum Gasteiger partial charge on any atom is -0.468 e. The third kappa shape index (κ3) is 3.69. The lowest BCUT2D eigenvalue weighted by Gasteiger charge is -2.39. The van der Waals surface area contributed by atoms with Crippen LogP contribution in [0.3, 0.4) is 0 Å². The van der Waals surface area contributed by atoms with E-state index in [4.69, 9.17) is 9.73 Å². The van der Waals surface area contributed by atoms with Gasteiger partial charge in [-0.1, -0.05) is 58.9 Å². The number of allylic oxidation sites excluding steroid dienone is 2. The molecule has 150 valence electrons. The van der Waals surface area contributed by atoms with Crippen molar-refractivity contribution in [3.63, 3.8) is 0 Å². The van der Waals surface area contributed by atoms with Gasteiger partial charge in [-0.3, -0.25) is 14.6 Å². The molecule has 1 unspecified atom stereocenters. The van der Waals surface area contributed by atoms with Crippen molar-refractivity contribution in [3.8, 4) is 0 Å².